The number of hydrogen-bond donors (Lipinski definition) is 4. The number of halogens is 1. The summed E-state index contributed by atoms with van der Waals surface area (Å²) in [5, 5.41) is 8.34. The zero-order chi connectivity index (χ0) is 27.5. The number of nitrogens with one attached hydrogen (secondary N) is 4. The smallest absolute Gasteiger partial charge is 0.228 e. The van der Waals surface area contributed by atoms with Gasteiger partial charge in [-0.05, 0) is 60.4 Å². The highest BCUT2D eigenvalue weighted by Crippen LogP contribution is 2.27. The molecule has 0 bridgehead atoms. The Kier molecular flexibility index (Phi) is 7.33. The van der Waals surface area contributed by atoms with E-state index in [2.05, 4.69) is 37.6 Å². The fourth-order valence-electron chi connectivity index (χ4n) is 5.78. The number of anilines is 1. The van der Waals surface area contributed by atoms with Crippen LogP contribution >= 0.6 is 0 Å². The van der Waals surface area contributed by atoms with Gasteiger partial charge in [-0.3, -0.25) is 14.5 Å². The van der Waals surface area contributed by atoms with Crippen molar-refractivity contribution in [1.82, 2.24) is 20.2 Å². The van der Waals surface area contributed by atoms with E-state index in [1.807, 2.05) is 48.8 Å². The molecule has 3 aromatic carbocycles. The van der Waals surface area contributed by atoms with Crippen LogP contribution in [0.2, 0.25) is 0 Å². The van der Waals surface area contributed by atoms with Gasteiger partial charge in [0.2, 0.25) is 11.8 Å². The Morgan fingerprint density at radius 2 is 1.40 bits per heavy atom. The van der Waals surface area contributed by atoms with Crippen LogP contribution in [0.1, 0.15) is 17.5 Å². The lowest BCUT2D eigenvalue weighted by molar-refractivity contribution is -0.130. The number of carbonyl (C=O) groups is 2. The number of fused-ring (bicyclic) bond motifs is 2. The molecule has 6 rings (SSSR count). The van der Waals surface area contributed by atoms with E-state index in [9.17, 15) is 14.0 Å². The Balaban J connectivity index is 1.15. The van der Waals surface area contributed by atoms with E-state index in [1.54, 1.807) is 12.1 Å². The van der Waals surface area contributed by atoms with Crippen LogP contribution in [0, 0.1) is 17.7 Å². The second kappa shape index (κ2) is 11.4. The molecule has 2 aromatic heterocycles. The molecule has 204 valence electrons. The van der Waals surface area contributed by atoms with Crippen LogP contribution < -0.4 is 10.6 Å². The predicted molar refractivity (Wildman–Crippen MR) is 155 cm³/mol. The summed E-state index contributed by atoms with van der Waals surface area (Å²) in [4.78, 5) is 35.5. The molecular formula is C32H32FN5O2. The van der Waals surface area contributed by atoms with Crippen LogP contribution in [0.5, 0.6) is 0 Å². The third kappa shape index (κ3) is 5.62. The lowest BCUT2D eigenvalue weighted by Gasteiger charge is -2.36. The Hall–Kier alpha value is -4.43. The molecule has 8 heteroatoms. The van der Waals surface area contributed by atoms with Gasteiger partial charge in [0.25, 0.3) is 0 Å². The van der Waals surface area contributed by atoms with E-state index in [4.69, 9.17) is 0 Å². The van der Waals surface area contributed by atoms with Crippen LogP contribution in [-0.4, -0.2) is 46.3 Å². The number of aromatic amines is 2. The average Bonchev–Trinajstić information content (AvgIpc) is 3.58. The van der Waals surface area contributed by atoms with Gasteiger partial charge in [0.15, 0.2) is 0 Å². The summed E-state index contributed by atoms with van der Waals surface area (Å²) in [5.41, 5.74) is 4.98. The van der Waals surface area contributed by atoms with Gasteiger partial charge in [0.05, 0.1) is 11.8 Å². The average molecular weight is 538 g/mol. The SMILES string of the molecule is O=C(NCCc1c[nH]c2ccccc12)[C@H]1C[C@@H](C(=O)Nc2ccc(F)cc2)CN(Cc2c[nH]c3ccccc23)C1. The molecule has 7 nitrogen and oxygen atoms in total. The second-order valence-electron chi connectivity index (χ2n) is 10.6. The topological polar surface area (TPSA) is 93.0 Å². The van der Waals surface area contributed by atoms with Crippen molar-refractivity contribution < 1.29 is 14.0 Å². The van der Waals surface area contributed by atoms with Crippen molar-refractivity contribution in [3.8, 4) is 0 Å². The highest BCUT2D eigenvalue weighted by Gasteiger charge is 2.35. The van der Waals surface area contributed by atoms with E-state index < -0.39 is 0 Å². The van der Waals surface area contributed by atoms with Gasteiger partial charge in [-0.1, -0.05) is 36.4 Å². The fraction of sp³-hybridized carbons (Fsp3) is 0.250. The maximum Gasteiger partial charge on any atom is 0.228 e. The normalized spacial score (nSPS) is 17.7. The number of carbonyl (C=O) groups excluding carboxylic acids is 2. The van der Waals surface area contributed by atoms with Gasteiger partial charge in [0, 0.05) is 66.1 Å². The number of hydrogen-bond acceptors (Lipinski definition) is 3. The molecule has 0 radical (unpaired) electrons. The Morgan fingerprint density at radius 3 is 2.10 bits per heavy atom. The minimum atomic E-state index is -0.381. The van der Waals surface area contributed by atoms with Crippen LogP contribution in [0.4, 0.5) is 10.1 Å². The summed E-state index contributed by atoms with van der Waals surface area (Å²) in [6, 6.07) is 22.0. The molecule has 3 heterocycles. The molecule has 0 aliphatic carbocycles. The number of aromatic nitrogens is 2. The zero-order valence-corrected chi connectivity index (χ0v) is 22.1. The Bertz CT molecular complexity index is 1640. The fourth-order valence-corrected chi connectivity index (χ4v) is 5.78. The Labute approximate surface area is 231 Å². The van der Waals surface area contributed by atoms with Gasteiger partial charge < -0.3 is 20.6 Å². The van der Waals surface area contributed by atoms with Crippen molar-refractivity contribution in [2.75, 3.05) is 25.0 Å². The summed E-state index contributed by atoms with van der Waals surface area (Å²) < 4.78 is 13.4. The van der Waals surface area contributed by atoms with Crippen molar-refractivity contribution in [3.05, 3.63) is 102 Å². The van der Waals surface area contributed by atoms with Crippen molar-refractivity contribution >= 4 is 39.3 Å². The van der Waals surface area contributed by atoms with Crippen molar-refractivity contribution in [2.24, 2.45) is 11.8 Å². The predicted octanol–water partition coefficient (Wildman–Crippen LogP) is 5.22. The highest BCUT2D eigenvalue weighted by atomic mass is 19.1. The van der Waals surface area contributed by atoms with Gasteiger partial charge >= 0.3 is 0 Å². The van der Waals surface area contributed by atoms with E-state index in [1.165, 1.54) is 12.1 Å². The first-order valence-electron chi connectivity index (χ1n) is 13.7. The molecule has 4 N–H and O–H groups in total. The number of para-hydroxylation sites is 2. The lowest BCUT2D eigenvalue weighted by atomic mass is 9.87. The number of nitrogens with zero attached hydrogens (tertiary/aromatic N) is 1. The summed E-state index contributed by atoms with van der Waals surface area (Å²) in [6.45, 7) is 2.25. The molecule has 1 saturated heterocycles. The van der Waals surface area contributed by atoms with Gasteiger partial charge in [-0.15, -0.1) is 0 Å². The monoisotopic (exact) mass is 537 g/mol. The van der Waals surface area contributed by atoms with E-state index >= 15 is 0 Å². The molecule has 5 aromatic rings. The molecular weight excluding hydrogens is 505 g/mol. The number of likely N-dealkylation sites (tertiary alicyclic amines) is 1. The molecule has 1 fully saturated rings. The first-order chi connectivity index (χ1) is 19.5. The zero-order valence-electron chi connectivity index (χ0n) is 22.1. The van der Waals surface area contributed by atoms with Gasteiger partial charge in [0.1, 0.15) is 5.82 Å². The maximum atomic E-state index is 13.4. The first kappa shape index (κ1) is 25.8. The number of benzene rings is 3. The molecule has 1 aliphatic heterocycles. The second-order valence-corrected chi connectivity index (χ2v) is 10.6. The molecule has 1 aliphatic rings. The summed E-state index contributed by atoms with van der Waals surface area (Å²) in [6.07, 6.45) is 5.17. The molecule has 0 spiro atoms. The highest BCUT2D eigenvalue weighted by molar-refractivity contribution is 5.93. The van der Waals surface area contributed by atoms with Crippen LogP contribution in [0.3, 0.4) is 0 Å². The van der Waals surface area contributed by atoms with Crippen LogP contribution in [-0.2, 0) is 22.6 Å². The molecule has 2 amide bonds. The first-order valence-corrected chi connectivity index (χ1v) is 13.7. The molecule has 0 unspecified atom stereocenters. The van der Waals surface area contributed by atoms with Gasteiger partial charge in [-0.2, -0.15) is 0 Å². The van der Waals surface area contributed by atoms with Crippen molar-refractivity contribution in [2.45, 2.75) is 19.4 Å². The van der Waals surface area contributed by atoms with Gasteiger partial charge in [-0.25, -0.2) is 4.39 Å². The minimum absolute atomic E-state index is 0.0388. The summed E-state index contributed by atoms with van der Waals surface area (Å²) in [7, 11) is 0. The van der Waals surface area contributed by atoms with E-state index in [0.717, 1.165) is 39.4 Å². The quantitative estimate of drug-likeness (QED) is 0.219. The number of piperidine rings is 1. The number of amides is 2. The minimum Gasteiger partial charge on any atom is -0.361 e. The Morgan fingerprint density at radius 1 is 0.800 bits per heavy atom. The van der Waals surface area contributed by atoms with E-state index in [-0.39, 0.29) is 29.5 Å². The summed E-state index contributed by atoms with van der Waals surface area (Å²) >= 11 is 0. The van der Waals surface area contributed by atoms with Crippen molar-refractivity contribution in [1.29, 1.82) is 0 Å². The number of rotatable bonds is 8. The van der Waals surface area contributed by atoms with Crippen LogP contribution in [0.25, 0.3) is 21.8 Å². The van der Waals surface area contributed by atoms with Crippen LogP contribution in [0.15, 0.2) is 85.2 Å². The van der Waals surface area contributed by atoms with Crippen molar-refractivity contribution in [3.63, 3.8) is 0 Å². The standard InChI is InChI=1S/C32H32FN5O2/c33-25-9-11-26(12-10-25)37-32(40)23-15-22(18-38(19-23)20-24-17-36-30-8-4-2-6-28(24)30)31(39)34-14-13-21-16-35-29-7-3-1-5-27(21)29/h1-12,16-17,22-23,35-36H,13-15,18-20H2,(H,34,39)(H,37,40)/t22-,23+/m0/s1. The molecule has 2 atom stereocenters. The third-order valence-corrected chi connectivity index (χ3v) is 7.82. The largest absolute Gasteiger partial charge is 0.361 e. The maximum absolute atomic E-state index is 13.4. The van der Waals surface area contributed by atoms with E-state index in [0.29, 0.717) is 38.3 Å². The summed E-state index contributed by atoms with van der Waals surface area (Å²) in [5.74, 6) is -1.26. The molecule has 40 heavy (non-hydrogen) atoms. The molecule has 0 saturated carbocycles. The third-order valence-electron chi connectivity index (χ3n) is 7.82. The number of H-pyrrole nitrogens is 2. The lowest BCUT2D eigenvalue weighted by Crippen LogP contribution is -2.49.